The molecule has 79 heavy (non-hydrogen) atoms. The highest BCUT2D eigenvalue weighted by molar-refractivity contribution is 5.71. The SMILES string of the molecule is CC/C=C\C/C=C\C/C=C\C/C=C\CCCCCCCCCCCCCCCCC(=O)OCC(COC(=O)CCCCCCCCCCCCCCCC)OC(=O)CCCCCCCCCCCCCCCCCCCCCC. The van der Waals surface area contributed by atoms with Crippen molar-refractivity contribution in [1.82, 2.24) is 0 Å². The first kappa shape index (κ1) is 76.4. The Labute approximate surface area is 492 Å². The number of hydrogen-bond donors (Lipinski definition) is 0. The average Bonchev–Trinajstić information content (AvgIpc) is 3.45. The fraction of sp³-hybridized carbons (Fsp3) is 0.849. The molecule has 0 saturated heterocycles. The molecule has 1 atom stereocenters. The molecule has 0 aromatic rings. The zero-order valence-electron chi connectivity index (χ0n) is 53.2. The van der Waals surface area contributed by atoms with Gasteiger partial charge in [-0.2, -0.15) is 0 Å². The Balaban J connectivity index is 4.24. The lowest BCUT2D eigenvalue weighted by atomic mass is 10.0. The summed E-state index contributed by atoms with van der Waals surface area (Å²) in [5, 5.41) is 0. The summed E-state index contributed by atoms with van der Waals surface area (Å²) in [6.07, 6.45) is 85.6. The highest BCUT2D eigenvalue weighted by Crippen LogP contribution is 2.19. The largest absolute Gasteiger partial charge is 0.462 e. The van der Waals surface area contributed by atoms with Crippen molar-refractivity contribution in [3.05, 3.63) is 48.6 Å². The number of rotatable bonds is 65. The summed E-state index contributed by atoms with van der Waals surface area (Å²) in [5.41, 5.74) is 0. The molecule has 1 unspecified atom stereocenters. The molecule has 0 saturated carbocycles. The third kappa shape index (κ3) is 66.1. The van der Waals surface area contributed by atoms with Crippen LogP contribution in [-0.4, -0.2) is 37.2 Å². The molecule has 462 valence electrons. The van der Waals surface area contributed by atoms with E-state index in [2.05, 4.69) is 69.4 Å². The van der Waals surface area contributed by atoms with Gasteiger partial charge in [-0.3, -0.25) is 14.4 Å². The van der Waals surface area contributed by atoms with Gasteiger partial charge in [-0.1, -0.05) is 352 Å². The molecular weight excluding hydrogens is 973 g/mol. The predicted octanol–water partition coefficient (Wildman–Crippen LogP) is 24.1. The van der Waals surface area contributed by atoms with E-state index < -0.39 is 6.10 Å². The van der Waals surface area contributed by atoms with E-state index in [4.69, 9.17) is 14.2 Å². The lowest BCUT2D eigenvalue weighted by Crippen LogP contribution is -2.30. The topological polar surface area (TPSA) is 78.9 Å². The van der Waals surface area contributed by atoms with Gasteiger partial charge < -0.3 is 14.2 Å². The Hall–Kier alpha value is -2.63. The van der Waals surface area contributed by atoms with Gasteiger partial charge in [0.2, 0.25) is 0 Å². The second kappa shape index (κ2) is 67.9. The number of esters is 3. The van der Waals surface area contributed by atoms with Crippen molar-refractivity contribution >= 4 is 17.9 Å². The number of hydrogen-bond acceptors (Lipinski definition) is 6. The van der Waals surface area contributed by atoms with Gasteiger partial charge in [0.05, 0.1) is 0 Å². The molecule has 0 spiro atoms. The van der Waals surface area contributed by atoms with E-state index in [-0.39, 0.29) is 31.1 Å². The van der Waals surface area contributed by atoms with Gasteiger partial charge in [-0.15, -0.1) is 0 Å². The lowest BCUT2D eigenvalue weighted by molar-refractivity contribution is -0.167. The van der Waals surface area contributed by atoms with Gasteiger partial charge in [0, 0.05) is 19.3 Å². The predicted molar refractivity (Wildman–Crippen MR) is 344 cm³/mol. The number of allylic oxidation sites excluding steroid dienone is 8. The lowest BCUT2D eigenvalue weighted by Gasteiger charge is -2.18. The normalized spacial score (nSPS) is 12.3. The van der Waals surface area contributed by atoms with Crippen LogP contribution >= 0.6 is 0 Å². The first-order valence-electron chi connectivity index (χ1n) is 35.1. The molecule has 0 aromatic carbocycles. The summed E-state index contributed by atoms with van der Waals surface area (Å²) in [6, 6.07) is 0. The van der Waals surface area contributed by atoms with Crippen LogP contribution in [-0.2, 0) is 28.6 Å². The first-order chi connectivity index (χ1) is 39.0. The fourth-order valence-corrected chi connectivity index (χ4v) is 10.6. The Bertz CT molecular complexity index is 1360. The van der Waals surface area contributed by atoms with Crippen LogP contribution in [0, 0.1) is 0 Å². The molecule has 6 heteroatoms. The maximum Gasteiger partial charge on any atom is 0.306 e. The molecule has 0 fully saturated rings. The van der Waals surface area contributed by atoms with Crippen molar-refractivity contribution in [3.63, 3.8) is 0 Å². The fourth-order valence-electron chi connectivity index (χ4n) is 10.6. The molecule has 6 nitrogen and oxygen atoms in total. The highest BCUT2D eigenvalue weighted by atomic mass is 16.6. The molecule has 0 amide bonds. The van der Waals surface area contributed by atoms with Crippen molar-refractivity contribution in [3.8, 4) is 0 Å². The summed E-state index contributed by atoms with van der Waals surface area (Å²) >= 11 is 0. The van der Waals surface area contributed by atoms with E-state index >= 15 is 0 Å². The van der Waals surface area contributed by atoms with Crippen LogP contribution in [0.15, 0.2) is 48.6 Å². The van der Waals surface area contributed by atoms with Gasteiger partial charge in [-0.25, -0.2) is 0 Å². The summed E-state index contributed by atoms with van der Waals surface area (Å²) < 4.78 is 17.0. The van der Waals surface area contributed by atoms with Crippen molar-refractivity contribution < 1.29 is 28.6 Å². The van der Waals surface area contributed by atoms with Crippen molar-refractivity contribution in [2.75, 3.05) is 13.2 Å². The van der Waals surface area contributed by atoms with Gasteiger partial charge in [0.25, 0.3) is 0 Å². The van der Waals surface area contributed by atoms with Crippen LogP contribution in [0.25, 0.3) is 0 Å². The van der Waals surface area contributed by atoms with E-state index in [1.54, 1.807) is 0 Å². The van der Waals surface area contributed by atoms with Crippen molar-refractivity contribution in [2.24, 2.45) is 0 Å². The minimum absolute atomic E-state index is 0.0660. The smallest absolute Gasteiger partial charge is 0.306 e. The van der Waals surface area contributed by atoms with E-state index in [1.807, 2.05) is 0 Å². The molecule has 0 heterocycles. The quantitative estimate of drug-likeness (QED) is 0.0261. The zero-order valence-corrected chi connectivity index (χ0v) is 53.2. The molecule has 0 aliphatic carbocycles. The van der Waals surface area contributed by atoms with Gasteiger partial charge >= 0.3 is 17.9 Å². The van der Waals surface area contributed by atoms with Gasteiger partial charge in [-0.05, 0) is 57.8 Å². The summed E-state index contributed by atoms with van der Waals surface area (Å²) in [6.45, 7) is 6.60. The average molecular weight is 1110 g/mol. The second-order valence-corrected chi connectivity index (χ2v) is 23.8. The number of carbonyl (C=O) groups excluding carboxylic acids is 3. The molecule has 0 aromatic heterocycles. The van der Waals surface area contributed by atoms with E-state index in [9.17, 15) is 14.4 Å². The maximum atomic E-state index is 12.9. The van der Waals surface area contributed by atoms with Crippen molar-refractivity contribution in [1.29, 1.82) is 0 Å². The Morgan fingerprint density at radius 2 is 0.494 bits per heavy atom. The van der Waals surface area contributed by atoms with E-state index in [0.717, 1.165) is 83.5 Å². The van der Waals surface area contributed by atoms with Crippen LogP contribution in [0.2, 0.25) is 0 Å². The molecule has 0 aliphatic rings. The van der Waals surface area contributed by atoms with Crippen LogP contribution in [0.4, 0.5) is 0 Å². The minimum atomic E-state index is -0.770. The van der Waals surface area contributed by atoms with E-state index in [1.165, 1.54) is 257 Å². The number of ether oxygens (including phenoxy) is 3. The standard InChI is InChI=1S/C73H134O6/c1-4-7-10-13-16-19-22-25-28-30-32-34-35-36-37-38-39-40-42-43-45-48-51-54-57-60-63-66-72(75)78-69-70(68-77-71(74)65-62-59-56-53-50-47-27-24-21-18-15-12-9-6-3)79-73(76)67-64-61-58-55-52-49-46-44-41-33-31-29-26-23-20-17-14-11-8-5-2/h7,10,16,19,25,28,32,34,70H,4-6,8-9,11-15,17-18,20-24,26-27,29-31,33,35-69H2,1-3H3/b10-7-,19-16-,28-25-,34-32-. The van der Waals surface area contributed by atoms with Gasteiger partial charge in [0.15, 0.2) is 6.10 Å². The maximum absolute atomic E-state index is 12.9. The Morgan fingerprint density at radius 3 is 0.772 bits per heavy atom. The molecule has 0 bridgehead atoms. The molecule has 0 aliphatic heterocycles. The third-order valence-corrected chi connectivity index (χ3v) is 15.8. The van der Waals surface area contributed by atoms with Crippen LogP contribution in [0.1, 0.15) is 380 Å². The zero-order chi connectivity index (χ0) is 57.1. The Kier molecular flexibility index (Phi) is 65.6. The van der Waals surface area contributed by atoms with Gasteiger partial charge in [0.1, 0.15) is 13.2 Å². The molecular formula is C73H134O6. The molecule has 0 radical (unpaired) electrons. The Morgan fingerprint density at radius 1 is 0.266 bits per heavy atom. The summed E-state index contributed by atoms with van der Waals surface area (Å²) in [5.74, 6) is -0.836. The summed E-state index contributed by atoms with van der Waals surface area (Å²) in [4.78, 5) is 38.4. The first-order valence-corrected chi connectivity index (χ1v) is 35.1. The van der Waals surface area contributed by atoms with Crippen LogP contribution < -0.4 is 0 Å². The molecule has 0 N–H and O–H groups in total. The summed E-state index contributed by atoms with van der Waals surface area (Å²) in [7, 11) is 0. The monoisotopic (exact) mass is 1110 g/mol. The minimum Gasteiger partial charge on any atom is -0.462 e. The third-order valence-electron chi connectivity index (χ3n) is 15.8. The van der Waals surface area contributed by atoms with E-state index in [0.29, 0.717) is 19.3 Å². The molecule has 0 rings (SSSR count). The highest BCUT2D eigenvalue weighted by Gasteiger charge is 2.19. The van der Waals surface area contributed by atoms with Crippen LogP contribution in [0.3, 0.4) is 0 Å². The number of unbranched alkanes of at least 4 members (excludes halogenated alkanes) is 46. The van der Waals surface area contributed by atoms with Crippen LogP contribution in [0.5, 0.6) is 0 Å². The van der Waals surface area contributed by atoms with Crippen molar-refractivity contribution in [2.45, 2.75) is 386 Å². The number of carbonyl (C=O) groups is 3. The second-order valence-electron chi connectivity index (χ2n) is 23.8.